The number of piperazine rings is 1. The third kappa shape index (κ3) is 4.05. The zero-order chi connectivity index (χ0) is 14.7. The standard InChI is InChI=1S/C17H21ClN2O.ClH/c1-19-8-10-20(11-9-19)12-13-21-16-7-6-14-4-2-3-5-15(14)17(16)18;/h2-7H,8-13H2,1H3;1H. The highest BCUT2D eigenvalue weighted by molar-refractivity contribution is 6.37. The van der Waals surface area contributed by atoms with E-state index in [0.717, 1.165) is 49.2 Å². The molecule has 1 aliphatic heterocycles. The lowest BCUT2D eigenvalue weighted by Crippen LogP contribution is -2.45. The van der Waals surface area contributed by atoms with Gasteiger partial charge in [0.15, 0.2) is 0 Å². The van der Waals surface area contributed by atoms with Crippen LogP contribution in [0.2, 0.25) is 5.02 Å². The van der Waals surface area contributed by atoms with Crippen LogP contribution in [-0.4, -0.2) is 56.2 Å². The predicted molar refractivity (Wildman–Crippen MR) is 95.6 cm³/mol. The third-order valence-electron chi connectivity index (χ3n) is 4.09. The summed E-state index contributed by atoms with van der Waals surface area (Å²) in [5, 5.41) is 2.91. The van der Waals surface area contributed by atoms with Gasteiger partial charge in [0.25, 0.3) is 0 Å². The van der Waals surface area contributed by atoms with E-state index in [0.29, 0.717) is 11.6 Å². The molecule has 1 aliphatic rings. The minimum Gasteiger partial charge on any atom is -0.491 e. The van der Waals surface area contributed by atoms with E-state index >= 15 is 0 Å². The van der Waals surface area contributed by atoms with E-state index in [9.17, 15) is 0 Å². The fraction of sp³-hybridized carbons (Fsp3) is 0.412. The van der Waals surface area contributed by atoms with Gasteiger partial charge < -0.3 is 9.64 Å². The molecule has 0 N–H and O–H groups in total. The molecular formula is C17H22Cl2N2O. The number of ether oxygens (including phenoxy) is 1. The lowest BCUT2D eigenvalue weighted by Gasteiger charge is -2.32. The molecule has 1 saturated heterocycles. The summed E-state index contributed by atoms with van der Waals surface area (Å²) < 4.78 is 5.89. The van der Waals surface area contributed by atoms with Gasteiger partial charge in [0.1, 0.15) is 12.4 Å². The van der Waals surface area contributed by atoms with Crippen LogP contribution in [0.15, 0.2) is 36.4 Å². The molecule has 1 heterocycles. The third-order valence-corrected chi connectivity index (χ3v) is 4.48. The maximum atomic E-state index is 6.44. The van der Waals surface area contributed by atoms with Crippen LogP contribution < -0.4 is 4.74 Å². The second-order valence-corrected chi connectivity index (χ2v) is 5.97. The zero-order valence-electron chi connectivity index (χ0n) is 12.8. The van der Waals surface area contributed by atoms with Gasteiger partial charge in [0.05, 0.1) is 5.02 Å². The Bertz CT molecular complexity index is 613. The van der Waals surface area contributed by atoms with E-state index in [2.05, 4.69) is 29.0 Å². The molecule has 0 spiro atoms. The van der Waals surface area contributed by atoms with Gasteiger partial charge in [-0.15, -0.1) is 12.4 Å². The molecule has 0 aliphatic carbocycles. The number of rotatable bonds is 4. The van der Waals surface area contributed by atoms with Crippen LogP contribution in [0.1, 0.15) is 0 Å². The van der Waals surface area contributed by atoms with Crippen LogP contribution in [0.4, 0.5) is 0 Å². The van der Waals surface area contributed by atoms with Crippen LogP contribution >= 0.6 is 24.0 Å². The Balaban J connectivity index is 0.00000176. The molecule has 120 valence electrons. The summed E-state index contributed by atoms with van der Waals surface area (Å²) in [5.74, 6) is 0.782. The number of hydrogen-bond acceptors (Lipinski definition) is 3. The number of halogens is 2. The maximum Gasteiger partial charge on any atom is 0.138 e. The second kappa shape index (κ2) is 8.02. The molecular weight excluding hydrogens is 319 g/mol. The summed E-state index contributed by atoms with van der Waals surface area (Å²) in [4.78, 5) is 4.80. The monoisotopic (exact) mass is 340 g/mol. The average molecular weight is 341 g/mol. The molecule has 0 radical (unpaired) electrons. The van der Waals surface area contributed by atoms with Gasteiger partial charge in [0, 0.05) is 38.1 Å². The molecule has 0 amide bonds. The Hall–Kier alpha value is -1.000. The summed E-state index contributed by atoms with van der Waals surface area (Å²) >= 11 is 6.44. The number of hydrogen-bond donors (Lipinski definition) is 0. The molecule has 2 aromatic rings. The quantitative estimate of drug-likeness (QED) is 0.846. The molecule has 0 atom stereocenters. The Kier molecular flexibility index (Phi) is 6.33. The van der Waals surface area contributed by atoms with Crippen molar-refractivity contribution < 1.29 is 4.74 Å². The normalized spacial score (nSPS) is 16.5. The lowest BCUT2D eigenvalue weighted by atomic mass is 10.1. The Morgan fingerprint density at radius 3 is 2.55 bits per heavy atom. The van der Waals surface area contributed by atoms with Gasteiger partial charge in [-0.3, -0.25) is 4.90 Å². The topological polar surface area (TPSA) is 15.7 Å². The molecule has 1 fully saturated rings. The lowest BCUT2D eigenvalue weighted by molar-refractivity contribution is 0.134. The van der Waals surface area contributed by atoms with Gasteiger partial charge in [-0.25, -0.2) is 0 Å². The summed E-state index contributed by atoms with van der Waals surface area (Å²) in [6.07, 6.45) is 0. The first-order valence-corrected chi connectivity index (χ1v) is 7.83. The summed E-state index contributed by atoms with van der Waals surface area (Å²) in [5.41, 5.74) is 0. The molecule has 0 aromatic heterocycles. The molecule has 3 nitrogen and oxygen atoms in total. The minimum atomic E-state index is 0. The van der Waals surface area contributed by atoms with Gasteiger partial charge in [-0.1, -0.05) is 41.9 Å². The van der Waals surface area contributed by atoms with Crippen LogP contribution in [0.25, 0.3) is 10.8 Å². The van der Waals surface area contributed by atoms with E-state index in [1.54, 1.807) is 0 Å². The first-order chi connectivity index (χ1) is 10.2. The summed E-state index contributed by atoms with van der Waals surface area (Å²) in [7, 11) is 2.17. The molecule has 22 heavy (non-hydrogen) atoms. The van der Waals surface area contributed by atoms with Crippen LogP contribution in [0.3, 0.4) is 0 Å². The van der Waals surface area contributed by atoms with E-state index in [-0.39, 0.29) is 12.4 Å². The Morgan fingerprint density at radius 2 is 1.77 bits per heavy atom. The van der Waals surface area contributed by atoms with Crippen molar-refractivity contribution in [1.82, 2.24) is 9.80 Å². The van der Waals surface area contributed by atoms with Crippen molar-refractivity contribution in [2.75, 3.05) is 46.4 Å². The zero-order valence-corrected chi connectivity index (χ0v) is 14.4. The first kappa shape index (κ1) is 17.4. The first-order valence-electron chi connectivity index (χ1n) is 7.45. The fourth-order valence-electron chi connectivity index (χ4n) is 2.68. The highest BCUT2D eigenvalue weighted by Gasteiger charge is 2.13. The summed E-state index contributed by atoms with van der Waals surface area (Å²) in [6.45, 7) is 6.14. The predicted octanol–water partition coefficient (Wildman–Crippen LogP) is 3.54. The molecule has 2 aromatic carbocycles. The number of likely N-dealkylation sites (N-methyl/N-ethyl adjacent to an activating group) is 1. The van der Waals surface area contributed by atoms with Crippen LogP contribution in [0.5, 0.6) is 5.75 Å². The summed E-state index contributed by atoms with van der Waals surface area (Å²) in [6, 6.07) is 12.1. The van der Waals surface area contributed by atoms with Gasteiger partial charge >= 0.3 is 0 Å². The largest absolute Gasteiger partial charge is 0.491 e. The maximum absolute atomic E-state index is 6.44. The van der Waals surface area contributed by atoms with E-state index in [4.69, 9.17) is 16.3 Å². The van der Waals surface area contributed by atoms with E-state index < -0.39 is 0 Å². The van der Waals surface area contributed by atoms with Crippen molar-refractivity contribution in [2.24, 2.45) is 0 Å². The Morgan fingerprint density at radius 1 is 1.05 bits per heavy atom. The van der Waals surface area contributed by atoms with Gasteiger partial charge in [-0.2, -0.15) is 0 Å². The van der Waals surface area contributed by atoms with Crippen LogP contribution in [-0.2, 0) is 0 Å². The molecule has 0 saturated carbocycles. The minimum absolute atomic E-state index is 0. The molecule has 5 heteroatoms. The van der Waals surface area contributed by atoms with Crippen molar-refractivity contribution in [3.8, 4) is 5.75 Å². The highest BCUT2D eigenvalue weighted by Crippen LogP contribution is 2.32. The number of benzene rings is 2. The molecule has 0 bridgehead atoms. The van der Waals surface area contributed by atoms with Crippen molar-refractivity contribution in [3.63, 3.8) is 0 Å². The highest BCUT2D eigenvalue weighted by atomic mass is 35.5. The van der Waals surface area contributed by atoms with Gasteiger partial charge in [0.2, 0.25) is 0 Å². The average Bonchev–Trinajstić information content (AvgIpc) is 2.52. The van der Waals surface area contributed by atoms with Crippen molar-refractivity contribution in [1.29, 1.82) is 0 Å². The van der Waals surface area contributed by atoms with Crippen LogP contribution in [0, 0.1) is 0 Å². The molecule has 3 rings (SSSR count). The number of fused-ring (bicyclic) bond motifs is 1. The van der Waals surface area contributed by atoms with E-state index in [1.165, 1.54) is 0 Å². The smallest absolute Gasteiger partial charge is 0.138 e. The number of nitrogens with zero attached hydrogens (tertiary/aromatic N) is 2. The SMILES string of the molecule is CN1CCN(CCOc2ccc3ccccc3c2Cl)CC1.Cl. The molecule has 0 unspecified atom stereocenters. The van der Waals surface area contributed by atoms with Crippen molar-refractivity contribution in [3.05, 3.63) is 41.4 Å². The van der Waals surface area contributed by atoms with Gasteiger partial charge in [-0.05, 0) is 18.5 Å². The fourth-order valence-corrected chi connectivity index (χ4v) is 2.97. The Labute approximate surface area is 143 Å². The van der Waals surface area contributed by atoms with Crippen molar-refractivity contribution >= 4 is 34.8 Å². The second-order valence-electron chi connectivity index (χ2n) is 5.59. The van der Waals surface area contributed by atoms with E-state index in [1.807, 2.05) is 24.3 Å². The van der Waals surface area contributed by atoms with Crippen molar-refractivity contribution in [2.45, 2.75) is 0 Å².